The predicted molar refractivity (Wildman–Crippen MR) is 246 cm³/mol. The smallest absolute Gasteiger partial charge is 0.416 e. The number of hydrogen-bond donors (Lipinski definition) is 1. The van der Waals surface area contributed by atoms with Crippen LogP contribution in [0.25, 0.3) is 0 Å². The van der Waals surface area contributed by atoms with E-state index in [1.165, 1.54) is 23.3 Å². The maximum Gasteiger partial charge on any atom is 0.416 e. The molecule has 8 nitrogen and oxygen atoms in total. The molecule has 0 unspecified atom stereocenters. The normalized spacial score (nSPS) is 13.0. The first kappa shape index (κ1) is 48.6. The van der Waals surface area contributed by atoms with Gasteiger partial charge in [-0.05, 0) is 166 Å². The highest BCUT2D eigenvalue weighted by molar-refractivity contribution is 7.99. The summed E-state index contributed by atoms with van der Waals surface area (Å²) in [7, 11) is 0. The minimum Gasteiger partial charge on any atom is -0.482 e. The lowest BCUT2D eigenvalue weighted by molar-refractivity contribution is -0.146. The molecule has 338 valence electrons. The number of nitrogens with one attached hydrogen (secondary N) is 1. The monoisotopic (exact) mass is 953 g/mol. The molecule has 0 aliphatic heterocycles. The summed E-state index contributed by atoms with van der Waals surface area (Å²) >= 11 is 16.1. The molecule has 5 aromatic carbocycles. The molecular weight excluding hydrogens is 907 g/mol. The van der Waals surface area contributed by atoms with Gasteiger partial charge in [0.25, 0.3) is 0 Å². The Morgan fingerprint density at radius 1 is 0.641 bits per heavy atom. The van der Waals surface area contributed by atoms with Crippen LogP contribution in [0.2, 0.25) is 10.0 Å². The van der Waals surface area contributed by atoms with Crippen molar-refractivity contribution in [1.29, 1.82) is 0 Å². The highest BCUT2D eigenvalue weighted by Crippen LogP contribution is 2.43. The molecule has 5 aromatic rings. The van der Waals surface area contributed by atoms with E-state index in [0.717, 1.165) is 118 Å². The van der Waals surface area contributed by atoms with Gasteiger partial charge in [-0.1, -0.05) is 58.9 Å². The zero-order valence-electron chi connectivity index (χ0n) is 35.4. The quantitative estimate of drug-likeness (QED) is 0.0760. The molecule has 2 aliphatic rings. The second-order valence-corrected chi connectivity index (χ2v) is 17.8. The number of fused-ring (bicyclic) bond motifs is 2. The lowest BCUT2D eigenvalue weighted by atomic mass is 9.91. The van der Waals surface area contributed by atoms with Crippen LogP contribution in [0.15, 0.2) is 105 Å². The van der Waals surface area contributed by atoms with E-state index >= 15 is 0 Å². The molecule has 0 radical (unpaired) electrons. The Kier molecular flexibility index (Phi) is 17.8. The Bertz CT molecular complexity index is 2430. The number of alkyl halides is 3. The number of carbonyl (C=O) groups is 3. The molecule has 0 atom stereocenters. The largest absolute Gasteiger partial charge is 0.482 e. The van der Waals surface area contributed by atoms with Crippen molar-refractivity contribution in [2.75, 3.05) is 31.7 Å². The molecule has 0 heterocycles. The Hall–Kier alpha value is -4.82. The van der Waals surface area contributed by atoms with Crippen molar-refractivity contribution < 1.29 is 46.5 Å². The molecule has 0 saturated heterocycles. The molecule has 0 amide bonds. The van der Waals surface area contributed by atoms with Gasteiger partial charge in [-0.2, -0.15) is 13.2 Å². The SMILES string of the molecule is CCOC(=O)COc1ccc(Sc2ccc(C=O)cc2Cl)c2c1CCCC2.CCOC(=O)COc1ccc(Sc2ccc(CNc3ccc(C(F)(F)F)cc3)cc2Cl)c2c1CCCC2. The highest BCUT2D eigenvalue weighted by Gasteiger charge is 2.30. The molecule has 0 fully saturated rings. The Morgan fingerprint density at radius 3 is 1.56 bits per heavy atom. The third kappa shape index (κ3) is 13.4. The number of anilines is 1. The zero-order valence-corrected chi connectivity index (χ0v) is 38.6. The van der Waals surface area contributed by atoms with Gasteiger partial charge in [0.05, 0.1) is 28.8 Å². The number of esters is 2. The Labute approximate surface area is 389 Å². The van der Waals surface area contributed by atoms with Crippen molar-refractivity contribution >= 4 is 70.6 Å². The van der Waals surface area contributed by atoms with Crippen LogP contribution in [0.1, 0.15) is 83.3 Å². The maximum absolute atomic E-state index is 12.8. The molecule has 15 heteroatoms. The average molecular weight is 955 g/mol. The molecule has 1 N–H and O–H groups in total. The van der Waals surface area contributed by atoms with Crippen LogP contribution >= 0.6 is 46.7 Å². The number of ether oxygens (including phenoxy) is 4. The molecular formula is C49H48Cl2F3NO7S2. The number of carbonyl (C=O) groups excluding carboxylic acids is 3. The van der Waals surface area contributed by atoms with E-state index in [1.807, 2.05) is 48.5 Å². The van der Waals surface area contributed by atoms with Crippen LogP contribution in [0.4, 0.5) is 18.9 Å². The van der Waals surface area contributed by atoms with Crippen molar-refractivity contribution in [3.8, 4) is 11.5 Å². The standard InChI is InChI=1S/C28H27ClF3NO3S.C21H21ClO4S/c1-2-35-27(34)17-36-24-12-14-25(22-6-4-3-5-21(22)24)37-26-13-7-18(15-23(26)29)16-33-20-10-8-19(9-11-20)28(30,31)32;1-2-25-21(24)13-26-18-8-10-19(16-6-4-3-5-15(16)18)27-20-9-7-14(12-23)11-17(20)22/h7-15,33H,2-6,16-17H2,1H3;7-12H,2-6,13H2,1H3. The van der Waals surface area contributed by atoms with E-state index in [2.05, 4.69) is 5.32 Å². The van der Waals surface area contributed by atoms with Crippen molar-refractivity contribution in [3.63, 3.8) is 0 Å². The highest BCUT2D eigenvalue weighted by atomic mass is 35.5. The fourth-order valence-electron chi connectivity index (χ4n) is 7.37. The van der Waals surface area contributed by atoms with Crippen molar-refractivity contribution in [3.05, 3.63) is 134 Å². The summed E-state index contributed by atoms with van der Waals surface area (Å²) in [6, 6.07) is 23.9. The second kappa shape index (κ2) is 23.4. The Balaban J connectivity index is 0.000000223. The molecule has 0 bridgehead atoms. The van der Waals surface area contributed by atoms with Gasteiger partial charge in [-0.3, -0.25) is 4.79 Å². The fraction of sp³-hybridized carbons (Fsp3) is 0.327. The summed E-state index contributed by atoms with van der Waals surface area (Å²) in [5, 5.41) is 4.30. The average Bonchev–Trinajstić information content (AvgIpc) is 3.29. The van der Waals surface area contributed by atoms with Gasteiger partial charge in [0, 0.05) is 37.4 Å². The van der Waals surface area contributed by atoms with Crippen LogP contribution in [0.3, 0.4) is 0 Å². The van der Waals surface area contributed by atoms with Crippen LogP contribution < -0.4 is 14.8 Å². The lowest BCUT2D eigenvalue weighted by Gasteiger charge is -2.22. The summed E-state index contributed by atoms with van der Waals surface area (Å²) in [5.41, 5.74) is 6.17. The number of rotatable bonds is 16. The first-order chi connectivity index (χ1) is 30.9. The fourth-order valence-corrected chi connectivity index (χ4v) is 10.0. The van der Waals surface area contributed by atoms with Crippen molar-refractivity contribution in [1.82, 2.24) is 0 Å². The van der Waals surface area contributed by atoms with Gasteiger partial charge >= 0.3 is 18.1 Å². The molecule has 64 heavy (non-hydrogen) atoms. The first-order valence-corrected chi connectivity index (χ1v) is 23.4. The van der Waals surface area contributed by atoms with Crippen LogP contribution in [-0.4, -0.2) is 44.7 Å². The third-order valence-corrected chi connectivity index (χ3v) is 13.6. The summed E-state index contributed by atoms with van der Waals surface area (Å²) in [6.45, 7) is 4.45. The third-order valence-electron chi connectivity index (χ3n) is 10.4. The van der Waals surface area contributed by atoms with Crippen LogP contribution in [0.5, 0.6) is 11.5 Å². The van der Waals surface area contributed by atoms with Crippen molar-refractivity contribution in [2.45, 2.75) is 97.5 Å². The van der Waals surface area contributed by atoms with E-state index < -0.39 is 11.7 Å². The van der Waals surface area contributed by atoms with E-state index in [-0.39, 0.29) is 25.2 Å². The molecule has 0 spiro atoms. The van der Waals surface area contributed by atoms with Gasteiger partial charge in [0.1, 0.15) is 17.8 Å². The zero-order chi connectivity index (χ0) is 45.6. The van der Waals surface area contributed by atoms with Crippen molar-refractivity contribution in [2.24, 2.45) is 0 Å². The molecule has 2 aliphatic carbocycles. The van der Waals surface area contributed by atoms with Crippen LogP contribution in [0, 0.1) is 0 Å². The van der Waals surface area contributed by atoms with Gasteiger partial charge < -0.3 is 24.3 Å². The minimum atomic E-state index is -4.35. The van der Waals surface area contributed by atoms with Gasteiger partial charge in [-0.15, -0.1) is 0 Å². The van der Waals surface area contributed by atoms with Crippen LogP contribution in [-0.2, 0) is 57.5 Å². The molecule has 0 saturated carbocycles. The lowest BCUT2D eigenvalue weighted by Crippen LogP contribution is -2.16. The second-order valence-electron chi connectivity index (χ2n) is 14.8. The molecule has 0 aromatic heterocycles. The number of halogens is 5. The number of aldehydes is 1. The molecule has 7 rings (SSSR count). The summed E-state index contributed by atoms with van der Waals surface area (Å²) in [4.78, 5) is 38.3. The topological polar surface area (TPSA) is 100 Å². The van der Waals surface area contributed by atoms with E-state index in [4.69, 9.17) is 42.1 Å². The van der Waals surface area contributed by atoms with E-state index in [0.29, 0.717) is 41.1 Å². The van der Waals surface area contributed by atoms with Gasteiger partial charge in [0.15, 0.2) is 13.2 Å². The number of hydrogen-bond acceptors (Lipinski definition) is 10. The first-order valence-electron chi connectivity index (χ1n) is 21.0. The maximum atomic E-state index is 12.8. The van der Waals surface area contributed by atoms with E-state index in [1.54, 1.807) is 49.5 Å². The number of benzene rings is 5. The predicted octanol–water partition coefficient (Wildman–Crippen LogP) is 13.1. The van der Waals surface area contributed by atoms with Gasteiger partial charge in [-0.25, -0.2) is 9.59 Å². The summed E-state index contributed by atoms with van der Waals surface area (Å²) < 4.78 is 59.7. The van der Waals surface area contributed by atoms with Gasteiger partial charge in [0.2, 0.25) is 0 Å². The summed E-state index contributed by atoms with van der Waals surface area (Å²) in [5.74, 6) is 0.736. The minimum absolute atomic E-state index is 0.0776. The van der Waals surface area contributed by atoms with E-state index in [9.17, 15) is 27.6 Å². The summed E-state index contributed by atoms with van der Waals surface area (Å²) in [6.07, 6.45) is 4.55. The Morgan fingerprint density at radius 2 is 1.11 bits per heavy atom.